The van der Waals surface area contributed by atoms with Gasteiger partial charge in [-0.1, -0.05) is 18.2 Å². The van der Waals surface area contributed by atoms with Crippen LogP contribution in [0.25, 0.3) is 0 Å². The van der Waals surface area contributed by atoms with Crippen molar-refractivity contribution in [2.45, 2.75) is 55.5 Å². The zero-order chi connectivity index (χ0) is 18.9. The van der Waals surface area contributed by atoms with Gasteiger partial charge in [0.15, 0.2) is 0 Å². The van der Waals surface area contributed by atoms with E-state index < -0.39 is 10.0 Å². The summed E-state index contributed by atoms with van der Waals surface area (Å²) >= 11 is 1.71. The number of thiophene rings is 1. The smallest absolute Gasteiger partial charge is 0.240 e. The highest BCUT2D eigenvalue weighted by atomic mass is 32.2. The molecule has 1 unspecified atom stereocenters. The van der Waals surface area contributed by atoms with Crippen molar-refractivity contribution in [3.63, 3.8) is 0 Å². The summed E-state index contributed by atoms with van der Waals surface area (Å²) in [5.74, 6) is 0.179. The van der Waals surface area contributed by atoms with E-state index in [1.807, 2.05) is 23.1 Å². The molecule has 2 aliphatic rings. The van der Waals surface area contributed by atoms with Crippen LogP contribution in [0, 0.1) is 0 Å². The van der Waals surface area contributed by atoms with Gasteiger partial charge in [-0.3, -0.25) is 4.79 Å². The van der Waals surface area contributed by atoms with Crippen LogP contribution in [0.3, 0.4) is 0 Å². The molecule has 2 aromatic rings. The molecular weight excluding hydrogens is 380 g/mol. The molecule has 0 spiro atoms. The van der Waals surface area contributed by atoms with Gasteiger partial charge in [0.2, 0.25) is 15.9 Å². The third kappa shape index (κ3) is 4.42. The van der Waals surface area contributed by atoms with Gasteiger partial charge in [-0.15, -0.1) is 11.3 Å². The van der Waals surface area contributed by atoms with Crippen LogP contribution in [-0.4, -0.2) is 31.8 Å². The summed E-state index contributed by atoms with van der Waals surface area (Å²) in [5, 5.41) is 2.06. The van der Waals surface area contributed by atoms with E-state index in [9.17, 15) is 13.2 Å². The van der Waals surface area contributed by atoms with Crippen molar-refractivity contribution in [1.82, 2.24) is 9.62 Å². The maximum atomic E-state index is 12.7. The van der Waals surface area contributed by atoms with Gasteiger partial charge < -0.3 is 4.90 Å². The normalized spacial score (nSPS) is 20.1. The van der Waals surface area contributed by atoms with Crippen molar-refractivity contribution in [1.29, 1.82) is 0 Å². The molecule has 2 heterocycles. The van der Waals surface area contributed by atoms with Crippen molar-refractivity contribution in [3.8, 4) is 0 Å². The fourth-order valence-corrected chi connectivity index (χ4v) is 5.74. The molecule has 144 valence electrons. The molecule has 27 heavy (non-hydrogen) atoms. The number of benzene rings is 1. The number of nitrogens with zero attached hydrogens (tertiary/aromatic N) is 1. The number of nitrogens with one attached hydrogen (secondary N) is 1. The molecule has 1 N–H and O–H groups in total. The van der Waals surface area contributed by atoms with Crippen LogP contribution in [0.2, 0.25) is 0 Å². The minimum Gasteiger partial charge on any atom is -0.335 e. The van der Waals surface area contributed by atoms with Crippen LogP contribution in [0.15, 0.2) is 46.7 Å². The Morgan fingerprint density at radius 2 is 1.93 bits per heavy atom. The Bertz CT molecular complexity index is 888. The van der Waals surface area contributed by atoms with Crippen LogP contribution in [0.4, 0.5) is 0 Å². The number of amides is 1. The van der Waals surface area contributed by atoms with Gasteiger partial charge >= 0.3 is 0 Å². The highest BCUT2D eigenvalue weighted by Gasteiger charge is 2.30. The van der Waals surface area contributed by atoms with Crippen molar-refractivity contribution in [2.24, 2.45) is 0 Å². The molecule has 2 fully saturated rings. The lowest BCUT2D eigenvalue weighted by molar-refractivity contribution is -0.132. The largest absolute Gasteiger partial charge is 0.335 e. The van der Waals surface area contributed by atoms with Crippen molar-refractivity contribution in [3.05, 3.63) is 52.2 Å². The number of rotatable bonds is 7. The molecule has 0 radical (unpaired) electrons. The predicted octanol–water partition coefficient (Wildman–Crippen LogP) is 3.49. The Morgan fingerprint density at radius 3 is 2.59 bits per heavy atom. The molecule has 1 aliphatic heterocycles. The van der Waals surface area contributed by atoms with Crippen LogP contribution >= 0.6 is 11.3 Å². The van der Waals surface area contributed by atoms with E-state index in [4.69, 9.17) is 0 Å². The van der Waals surface area contributed by atoms with E-state index in [1.54, 1.807) is 23.5 Å². The molecule has 0 bridgehead atoms. The molecule has 1 atom stereocenters. The van der Waals surface area contributed by atoms with E-state index in [1.165, 1.54) is 4.88 Å². The first-order valence-electron chi connectivity index (χ1n) is 9.47. The van der Waals surface area contributed by atoms with E-state index in [0.29, 0.717) is 17.7 Å². The molecule has 1 saturated carbocycles. The maximum Gasteiger partial charge on any atom is 0.240 e. The van der Waals surface area contributed by atoms with Gasteiger partial charge in [0, 0.05) is 23.9 Å². The minimum atomic E-state index is -3.41. The lowest BCUT2D eigenvalue weighted by Gasteiger charge is -2.24. The van der Waals surface area contributed by atoms with E-state index >= 15 is 0 Å². The first-order chi connectivity index (χ1) is 13.0. The Morgan fingerprint density at radius 1 is 1.15 bits per heavy atom. The molecule has 4 rings (SSSR count). The highest BCUT2D eigenvalue weighted by molar-refractivity contribution is 7.89. The molecule has 1 aromatic heterocycles. The number of hydrogen-bond donors (Lipinski definition) is 1. The Hall–Kier alpha value is -1.70. The topological polar surface area (TPSA) is 66.5 Å². The molecule has 7 heteroatoms. The second kappa shape index (κ2) is 7.73. The monoisotopic (exact) mass is 404 g/mol. The lowest BCUT2D eigenvalue weighted by atomic mass is 10.1. The number of carbonyl (C=O) groups is 1. The van der Waals surface area contributed by atoms with Gasteiger partial charge in [-0.25, -0.2) is 13.1 Å². The van der Waals surface area contributed by atoms with E-state index in [0.717, 1.165) is 37.8 Å². The predicted molar refractivity (Wildman–Crippen MR) is 106 cm³/mol. The number of aryl methyl sites for hydroxylation is 1. The van der Waals surface area contributed by atoms with Crippen molar-refractivity contribution < 1.29 is 13.2 Å². The van der Waals surface area contributed by atoms with Gasteiger partial charge in [-0.05, 0) is 61.2 Å². The Labute approximate surface area is 164 Å². The summed E-state index contributed by atoms with van der Waals surface area (Å²) in [6.45, 7) is 0.825. The lowest BCUT2D eigenvalue weighted by Crippen LogP contribution is -2.30. The summed E-state index contributed by atoms with van der Waals surface area (Å²) in [6, 6.07) is 11.4. The van der Waals surface area contributed by atoms with Crippen molar-refractivity contribution in [2.75, 3.05) is 6.54 Å². The highest BCUT2D eigenvalue weighted by Crippen LogP contribution is 2.35. The first-order valence-corrected chi connectivity index (χ1v) is 11.8. The van der Waals surface area contributed by atoms with Crippen LogP contribution < -0.4 is 4.72 Å². The van der Waals surface area contributed by atoms with Crippen LogP contribution in [-0.2, 0) is 21.2 Å². The van der Waals surface area contributed by atoms with Crippen LogP contribution in [0.5, 0.6) is 0 Å². The molecule has 1 aliphatic carbocycles. The van der Waals surface area contributed by atoms with Gasteiger partial charge in [0.05, 0.1) is 10.9 Å². The Balaban J connectivity index is 1.35. The summed E-state index contributed by atoms with van der Waals surface area (Å²) in [6.07, 6.45) is 5.00. The first kappa shape index (κ1) is 18.7. The quantitative estimate of drug-likeness (QED) is 0.768. The average molecular weight is 405 g/mol. The van der Waals surface area contributed by atoms with Gasteiger partial charge in [0.1, 0.15) is 0 Å². The molecular formula is C20H24N2O3S2. The Kier molecular flexibility index (Phi) is 5.34. The number of likely N-dealkylation sites (tertiary alicyclic amines) is 1. The second-order valence-corrected chi connectivity index (χ2v) is 9.99. The molecule has 5 nitrogen and oxygen atoms in total. The standard InChI is InChI=1S/C20H24N2O3S2/c23-20(22-13-1-3-18(22)19-4-2-14-26-19)12-7-15-5-10-17(11-6-15)27(24,25)21-16-8-9-16/h2,4-6,10-11,14,16,18,21H,1,3,7-9,12-13H2. The number of carbonyl (C=O) groups excluding carboxylic acids is 1. The summed E-state index contributed by atoms with van der Waals surface area (Å²) in [4.78, 5) is 16.3. The van der Waals surface area contributed by atoms with E-state index in [-0.39, 0.29) is 18.0 Å². The zero-order valence-electron chi connectivity index (χ0n) is 15.1. The van der Waals surface area contributed by atoms with Crippen molar-refractivity contribution >= 4 is 27.3 Å². The third-order valence-electron chi connectivity index (χ3n) is 5.21. The fourth-order valence-electron chi connectivity index (χ4n) is 3.56. The molecule has 1 amide bonds. The zero-order valence-corrected chi connectivity index (χ0v) is 16.8. The summed E-state index contributed by atoms with van der Waals surface area (Å²) in [7, 11) is -3.41. The fraction of sp³-hybridized carbons (Fsp3) is 0.450. The van der Waals surface area contributed by atoms with Crippen LogP contribution in [0.1, 0.15) is 48.6 Å². The van der Waals surface area contributed by atoms with Gasteiger partial charge in [0.25, 0.3) is 0 Å². The number of hydrogen-bond acceptors (Lipinski definition) is 4. The van der Waals surface area contributed by atoms with Gasteiger partial charge in [-0.2, -0.15) is 0 Å². The maximum absolute atomic E-state index is 12.7. The summed E-state index contributed by atoms with van der Waals surface area (Å²) in [5.41, 5.74) is 0.987. The second-order valence-electron chi connectivity index (χ2n) is 7.30. The molecule has 1 saturated heterocycles. The van der Waals surface area contributed by atoms with E-state index in [2.05, 4.69) is 16.2 Å². The SMILES string of the molecule is O=C(CCc1ccc(S(=O)(=O)NC2CC2)cc1)N1CCCC1c1cccs1. The summed E-state index contributed by atoms with van der Waals surface area (Å²) < 4.78 is 27.1. The minimum absolute atomic E-state index is 0.101. The average Bonchev–Trinajstić information content (AvgIpc) is 3.14. The third-order valence-corrected chi connectivity index (χ3v) is 7.72. The molecule has 1 aromatic carbocycles. The number of sulfonamides is 1.